The van der Waals surface area contributed by atoms with Crippen molar-refractivity contribution in [3.8, 4) is 0 Å². The molecule has 0 bridgehead atoms. The molecular formula is C34H55O4P. The number of rotatable bonds is 6. The van der Waals surface area contributed by atoms with Crippen molar-refractivity contribution in [1.82, 2.24) is 0 Å². The summed E-state index contributed by atoms with van der Waals surface area (Å²) in [7, 11) is -4.76. The first-order chi connectivity index (χ1) is 17.3. The van der Waals surface area contributed by atoms with Crippen LogP contribution < -0.4 is 0 Å². The largest absolute Gasteiger partial charge is 0.375 e. The van der Waals surface area contributed by atoms with Crippen molar-refractivity contribution >= 4 is 7.37 Å². The molecule has 2 aromatic carbocycles. The normalized spacial score (nSPS) is 18.3. The number of hydrogen-bond acceptors (Lipinski definition) is 3. The minimum Gasteiger partial charge on any atom is -0.375 e. The molecule has 0 amide bonds. The Hall–Kier alpha value is -1.45. The van der Waals surface area contributed by atoms with E-state index in [9.17, 15) is 19.7 Å². The van der Waals surface area contributed by atoms with Crippen molar-refractivity contribution in [1.29, 1.82) is 0 Å². The molecule has 4 nitrogen and oxygen atoms in total. The van der Waals surface area contributed by atoms with E-state index in [-0.39, 0.29) is 34.5 Å². The van der Waals surface area contributed by atoms with Crippen molar-refractivity contribution in [3.05, 3.63) is 69.8 Å². The summed E-state index contributed by atoms with van der Waals surface area (Å²) in [5.74, 6) is 0. The molecule has 0 saturated heterocycles. The first-order valence-corrected chi connectivity index (χ1v) is 16.0. The van der Waals surface area contributed by atoms with Crippen molar-refractivity contribution in [2.45, 2.75) is 142 Å². The predicted octanol–water partition coefficient (Wildman–Crippen LogP) is 8.96. The van der Waals surface area contributed by atoms with E-state index in [1.807, 2.05) is 24.3 Å². The van der Waals surface area contributed by atoms with Crippen LogP contribution >= 0.6 is 7.37 Å². The van der Waals surface area contributed by atoms with E-state index in [1.165, 1.54) is 0 Å². The Morgan fingerprint density at radius 3 is 0.821 bits per heavy atom. The molecule has 2 aromatic rings. The van der Waals surface area contributed by atoms with Gasteiger partial charge in [-0.25, -0.2) is 0 Å². The quantitative estimate of drug-likeness (QED) is 0.309. The summed E-state index contributed by atoms with van der Waals surface area (Å²) in [5.41, 5.74) is 3.68. The fourth-order valence-electron chi connectivity index (χ4n) is 4.94. The molecule has 0 aliphatic carbocycles. The van der Waals surface area contributed by atoms with Gasteiger partial charge in [0.15, 0.2) is 10.7 Å². The molecule has 5 heteroatoms. The predicted molar refractivity (Wildman–Crippen MR) is 166 cm³/mol. The zero-order valence-electron chi connectivity index (χ0n) is 27.1. The summed E-state index contributed by atoms with van der Waals surface area (Å²) in [4.78, 5) is 12.1. The summed E-state index contributed by atoms with van der Waals surface area (Å²) in [6.45, 7) is 28.6. The Labute approximate surface area is 238 Å². The fraction of sp³-hybridized carbons (Fsp3) is 0.647. The van der Waals surface area contributed by atoms with Gasteiger partial charge in [0, 0.05) is 0 Å². The van der Waals surface area contributed by atoms with Gasteiger partial charge in [-0.3, -0.25) is 4.57 Å². The van der Waals surface area contributed by atoms with E-state index in [0.29, 0.717) is 11.1 Å². The monoisotopic (exact) mass is 558 g/mol. The van der Waals surface area contributed by atoms with Gasteiger partial charge in [0.25, 0.3) is 7.37 Å². The highest BCUT2D eigenvalue weighted by Gasteiger charge is 2.59. The molecule has 0 aliphatic heterocycles. The van der Waals surface area contributed by atoms with Crippen LogP contribution in [0, 0.1) is 0 Å². The molecular weight excluding hydrogens is 503 g/mol. The second-order valence-electron chi connectivity index (χ2n) is 15.5. The van der Waals surface area contributed by atoms with Gasteiger partial charge in [0.1, 0.15) is 0 Å². The van der Waals surface area contributed by atoms with Gasteiger partial charge >= 0.3 is 0 Å². The van der Waals surface area contributed by atoms with Crippen LogP contribution in [0.2, 0.25) is 0 Å². The lowest BCUT2D eigenvalue weighted by molar-refractivity contribution is 0.0496. The maximum Gasteiger partial charge on any atom is 0.270 e. The van der Waals surface area contributed by atoms with Crippen molar-refractivity contribution < 1.29 is 19.7 Å². The SMILES string of the molecule is CCC(O)(c1cc(C(C)(C)C)cc(C(C)(C)C)c1)P(=O)(O)C(O)(CC)c1cc(C(C)(C)C)cc(C(C)(C)C)c1. The van der Waals surface area contributed by atoms with Crippen molar-refractivity contribution in [2.75, 3.05) is 0 Å². The van der Waals surface area contributed by atoms with E-state index >= 15 is 0 Å². The van der Waals surface area contributed by atoms with Gasteiger partial charge < -0.3 is 15.1 Å². The molecule has 0 spiro atoms. The Kier molecular flexibility index (Phi) is 9.03. The third-order valence-corrected chi connectivity index (χ3v) is 11.4. The molecule has 0 fully saturated rings. The minimum absolute atomic E-state index is 0.0225. The molecule has 2 atom stereocenters. The molecule has 2 unspecified atom stereocenters. The third-order valence-electron chi connectivity index (χ3n) is 8.24. The van der Waals surface area contributed by atoms with E-state index in [1.54, 1.807) is 13.8 Å². The van der Waals surface area contributed by atoms with E-state index in [2.05, 4.69) is 95.2 Å². The smallest absolute Gasteiger partial charge is 0.270 e. The molecule has 0 aliphatic rings. The first-order valence-electron chi connectivity index (χ1n) is 14.4. The lowest BCUT2D eigenvalue weighted by Crippen LogP contribution is -2.38. The zero-order chi connectivity index (χ0) is 30.6. The Morgan fingerprint density at radius 2 is 0.667 bits per heavy atom. The molecule has 0 radical (unpaired) electrons. The standard InChI is InChI=1S/C34H55O4P/c1-15-33(35,27-19-23(29(3,4)5)17-24(20-27)30(6,7)8)39(37,38)34(36,16-2)28-21-25(31(9,10)11)18-26(22-28)32(12,13)14/h17-22,35-36H,15-16H2,1-14H3,(H,37,38). The molecule has 0 aromatic heterocycles. The van der Waals surface area contributed by atoms with Crippen LogP contribution in [-0.4, -0.2) is 15.1 Å². The van der Waals surface area contributed by atoms with Crippen LogP contribution in [0.25, 0.3) is 0 Å². The van der Waals surface area contributed by atoms with Crippen LogP contribution in [0.15, 0.2) is 36.4 Å². The second kappa shape index (κ2) is 10.4. The topological polar surface area (TPSA) is 77.8 Å². The lowest BCUT2D eigenvalue weighted by Gasteiger charge is -2.43. The number of benzene rings is 2. The van der Waals surface area contributed by atoms with Crippen LogP contribution in [0.1, 0.15) is 143 Å². The Balaban J connectivity index is 2.97. The average molecular weight is 559 g/mol. The highest BCUT2D eigenvalue weighted by molar-refractivity contribution is 7.60. The third kappa shape index (κ3) is 6.40. The fourth-order valence-corrected chi connectivity index (χ4v) is 7.37. The average Bonchev–Trinajstić information content (AvgIpc) is 2.79. The molecule has 220 valence electrons. The molecule has 0 heterocycles. The van der Waals surface area contributed by atoms with Crippen molar-refractivity contribution in [2.24, 2.45) is 0 Å². The first kappa shape index (κ1) is 33.8. The zero-order valence-corrected chi connectivity index (χ0v) is 28.0. The van der Waals surface area contributed by atoms with Crippen LogP contribution in [0.3, 0.4) is 0 Å². The van der Waals surface area contributed by atoms with Crippen LogP contribution in [0.5, 0.6) is 0 Å². The summed E-state index contributed by atoms with van der Waals surface area (Å²) >= 11 is 0. The van der Waals surface area contributed by atoms with Gasteiger partial charge in [-0.05, 0) is 67.9 Å². The van der Waals surface area contributed by atoms with E-state index in [4.69, 9.17) is 0 Å². The molecule has 3 N–H and O–H groups in total. The van der Waals surface area contributed by atoms with Gasteiger partial charge in [0.05, 0.1) is 0 Å². The summed E-state index contributed by atoms with van der Waals surface area (Å²) in [6, 6.07) is 11.6. The summed E-state index contributed by atoms with van der Waals surface area (Å²) in [6.07, 6.45) is -0.0449. The van der Waals surface area contributed by atoms with Gasteiger partial charge in [0.2, 0.25) is 0 Å². The van der Waals surface area contributed by atoms with E-state index in [0.717, 1.165) is 22.3 Å². The summed E-state index contributed by atoms with van der Waals surface area (Å²) in [5, 5.41) is 20.3. The van der Waals surface area contributed by atoms with E-state index < -0.39 is 18.1 Å². The highest BCUT2D eigenvalue weighted by atomic mass is 31.2. The number of hydrogen-bond donors (Lipinski definition) is 3. The second-order valence-corrected chi connectivity index (χ2v) is 18.1. The van der Waals surface area contributed by atoms with Crippen molar-refractivity contribution in [3.63, 3.8) is 0 Å². The van der Waals surface area contributed by atoms with Gasteiger partial charge in [-0.2, -0.15) is 0 Å². The van der Waals surface area contributed by atoms with Gasteiger partial charge in [-0.15, -0.1) is 0 Å². The number of aliphatic hydroxyl groups is 2. The lowest BCUT2D eigenvalue weighted by atomic mass is 9.79. The molecule has 39 heavy (non-hydrogen) atoms. The van der Waals surface area contributed by atoms with Crippen LogP contribution in [0.4, 0.5) is 0 Å². The highest BCUT2D eigenvalue weighted by Crippen LogP contribution is 2.72. The molecule has 2 rings (SSSR count). The Bertz CT molecular complexity index is 1080. The minimum atomic E-state index is -4.76. The molecule has 0 saturated carbocycles. The maximum absolute atomic E-state index is 14.8. The maximum atomic E-state index is 14.8. The summed E-state index contributed by atoms with van der Waals surface area (Å²) < 4.78 is 14.8. The Morgan fingerprint density at radius 1 is 0.487 bits per heavy atom. The van der Waals surface area contributed by atoms with Gasteiger partial charge in [-0.1, -0.05) is 133 Å². The van der Waals surface area contributed by atoms with Crippen LogP contribution in [-0.2, 0) is 36.9 Å².